The maximum atomic E-state index is 12.4. The van der Waals surface area contributed by atoms with Crippen LogP contribution in [0.15, 0.2) is 47.4 Å². The van der Waals surface area contributed by atoms with Crippen molar-refractivity contribution >= 4 is 29.3 Å². The molecule has 0 aliphatic carbocycles. The first-order chi connectivity index (χ1) is 12.2. The molecule has 4 rings (SSSR count). The topological polar surface area (TPSA) is 76.7 Å². The van der Waals surface area contributed by atoms with E-state index >= 15 is 0 Å². The first-order valence-electron chi connectivity index (χ1n) is 7.92. The SMILES string of the molecule is O=C1CSc2ccc(C(=O)NC[C@H]3COc4ccccc4O3)cc2N1. The van der Waals surface area contributed by atoms with E-state index in [1.54, 1.807) is 12.1 Å². The number of nitrogens with one attached hydrogen (secondary N) is 2. The molecule has 25 heavy (non-hydrogen) atoms. The molecule has 0 unspecified atom stereocenters. The third-order valence-corrected chi connectivity index (χ3v) is 5.01. The van der Waals surface area contributed by atoms with Gasteiger partial charge in [-0.2, -0.15) is 0 Å². The van der Waals surface area contributed by atoms with Gasteiger partial charge in [-0.3, -0.25) is 9.59 Å². The number of carbonyl (C=O) groups excluding carboxylic acids is 2. The lowest BCUT2D eigenvalue weighted by Crippen LogP contribution is -2.40. The molecule has 2 heterocycles. The van der Waals surface area contributed by atoms with E-state index in [2.05, 4.69) is 10.6 Å². The van der Waals surface area contributed by atoms with Crippen LogP contribution in [0.2, 0.25) is 0 Å². The van der Waals surface area contributed by atoms with Gasteiger partial charge in [0.25, 0.3) is 5.91 Å². The van der Waals surface area contributed by atoms with Crippen LogP contribution in [0.5, 0.6) is 11.5 Å². The van der Waals surface area contributed by atoms with Crippen LogP contribution in [-0.4, -0.2) is 36.8 Å². The molecule has 2 aliphatic rings. The minimum Gasteiger partial charge on any atom is -0.486 e. The highest BCUT2D eigenvalue weighted by Gasteiger charge is 2.22. The van der Waals surface area contributed by atoms with Crippen LogP contribution in [0.4, 0.5) is 5.69 Å². The Morgan fingerprint density at radius 2 is 2.08 bits per heavy atom. The van der Waals surface area contributed by atoms with Crippen LogP contribution in [0, 0.1) is 0 Å². The van der Waals surface area contributed by atoms with E-state index in [9.17, 15) is 9.59 Å². The van der Waals surface area contributed by atoms with Crippen molar-refractivity contribution in [1.29, 1.82) is 0 Å². The van der Waals surface area contributed by atoms with Crippen molar-refractivity contribution < 1.29 is 19.1 Å². The fourth-order valence-corrected chi connectivity index (χ4v) is 3.49. The molecule has 0 aromatic heterocycles. The number of benzene rings is 2. The van der Waals surface area contributed by atoms with Gasteiger partial charge in [0.15, 0.2) is 11.5 Å². The Bertz CT molecular complexity index is 840. The number of hydrogen-bond donors (Lipinski definition) is 2. The van der Waals surface area contributed by atoms with Gasteiger partial charge in [0.05, 0.1) is 18.0 Å². The van der Waals surface area contributed by atoms with Crippen molar-refractivity contribution in [2.24, 2.45) is 0 Å². The van der Waals surface area contributed by atoms with Gasteiger partial charge in [-0.05, 0) is 30.3 Å². The lowest BCUT2D eigenvalue weighted by Gasteiger charge is -2.26. The Morgan fingerprint density at radius 1 is 1.24 bits per heavy atom. The molecule has 0 radical (unpaired) electrons. The van der Waals surface area contributed by atoms with Gasteiger partial charge < -0.3 is 20.1 Å². The van der Waals surface area contributed by atoms with Crippen LogP contribution < -0.4 is 20.1 Å². The van der Waals surface area contributed by atoms with Gasteiger partial charge in [-0.15, -0.1) is 11.8 Å². The zero-order valence-corrected chi connectivity index (χ0v) is 14.1. The van der Waals surface area contributed by atoms with Gasteiger partial charge >= 0.3 is 0 Å². The molecule has 2 aromatic carbocycles. The summed E-state index contributed by atoms with van der Waals surface area (Å²) in [4.78, 5) is 24.8. The highest BCUT2D eigenvalue weighted by molar-refractivity contribution is 8.00. The van der Waals surface area contributed by atoms with E-state index in [1.807, 2.05) is 30.3 Å². The van der Waals surface area contributed by atoms with Crippen LogP contribution >= 0.6 is 11.8 Å². The number of amides is 2. The predicted octanol–water partition coefficient (Wildman–Crippen LogP) is 2.30. The number of para-hydroxylation sites is 2. The Balaban J connectivity index is 1.38. The Labute approximate surface area is 148 Å². The summed E-state index contributed by atoms with van der Waals surface area (Å²) in [6.45, 7) is 0.722. The molecule has 2 aliphatic heterocycles. The summed E-state index contributed by atoms with van der Waals surface area (Å²) in [6, 6.07) is 12.8. The second kappa shape index (κ2) is 6.68. The average molecular weight is 356 g/mol. The van der Waals surface area contributed by atoms with Gasteiger partial charge in [0.1, 0.15) is 12.7 Å². The smallest absolute Gasteiger partial charge is 0.251 e. The minimum absolute atomic E-state index is 0.0542. The molecule has 2 amide bonds. The molecule has 0 bridgehead atoms. The molecular weight excluding hydrogens is 340 g/mol. The van der Waals surface area contributed by atoms with E-state index in [0.717, 1.165) is 4.90 Å². The molecule has 0 spiro atoms. The van der Waals surface area contributed by atoms with E-state index < -0.39 is 0 Å². The molecule has 0 fully saturated rings. The number of carbonyl (C=O) groups is 2. The monoisotopic (exact) mass is 356 g/mol. The van der Waals surface area contributed by atoms with Gasteiger partial charge in [0.2, 0.25) is 5.91 Å². The molecular formula is C18H16N2O4S. The van der Waals surface area contributed by atoms with Crippen LogP contribution in [-0.2, 0) is 4.79 Å². The number of anilines is 1. The number of rotatable bonds is 3. The average Bonchev–Trinajstić information content (AvgIpc) is 2.65. The lowest BCUT2D eigenvalue weighted by molar-refractivity contribution is -0.113. The van der Waals surface area contributed by atoms with Crippen molar-refractivity contribution in [3.05, 3.63) is 48.0 Å². The number of ether oxygens (including phenoxy) is 2. The van der Waals surface area contributed by atoms with Crippen molar-refractivity contribution in [3.8, 4) is 11.5 Å². The standard InChI is InChI=1S/C18H16N2O4S/c21-17-10-25-16-6-5-11(7-13(16)20-17)18(22)19-8-12-9-23-14-3-1-2-4-15(14)24-12/h1-7,12H,8-10H2,(H,19,22)(H,20,21)/t12-/m0/s1. The fraction of sp³-hybridized carbons (Fsp3) is 0.222. The molecule has 2 aromatic rings. The molecule has 2 N–H and O–H groups in total. The molecule has 128 valence electrons. The van der Waals surface area contributed by atoms with E-state index in [-0.39, 0.29) is 17.9 Å². The Hall–Kier alpha value is -2.67. The van der Waals surface area contributed by atoms with Crippen molar-refractivity contribution in [3.63, 3.8) is 0 Å². The number of fused-ring (bicyclic) bond motifs is 2. The second-order valence-electron chi connectivity index (χ2n) is 5.76. The highest BCUT2D eigenvalue weighted by Crippen LogP contribution is 2.32. The lowest BCUT2D eigenvalue weighted by atomic mass is 10.1. The maximum absolute atomic E-state index is 12.4. The normalized spacial score (nSPS) is 18.1. The van der Waals surface area contributed by atoms with Crippen molar-refractivity contribution in [2.45, 2.75) is 11.0 Å². The quantitative estimate of drug-likeness (QED) is 0.883. The largest absolute Gasteiger partial charge is 0.486 e. The summed E-state index contributed by atoms with van der Waals surface area (Å²) in [5.74, 6) is 1.53. The van der Waals surface area contributed by atoms with Gasteiger partial charge in [-0.1, -0.05) is 12.1 Å². The minimum atomic E-state index is -0.244. The summed E-state index contributed by atoms with van der Waals surface area (Å²) in [5, 5.41) is 5.64. The van der Waals surface area contributed by atoms with E-state index in [0.29, 0.717) is 41.7 Å². The first kappa shape index (κ1) is 15.8. The Kier molecular flexibility index (Phi) is 4.23. The van der Waals surface area contributed by atoms with Gasteiger partial charge in [0, 0.05) is 10.5 Å². The summed E-state index contributed by atoms with van der Waals surface area (Å²) >= 11 is 1.47. The van der Waals surface area contributed by atoms with Crippen LogP contribution in [0.25, 0.3) is 0 Å². The number of hydrogen-bond acceptors (Lipinski definition) is 5. The molecule has 1 atom stereocenters. The zero-order valence-electron chi connectivity index (χ0n) is 13.3. The van der Waals surface area contributed by atoms with Gasteiger partial charge in [-0.25, -0.2) is 0 Å². The molecule has 0 saturated carbocycles. The summed E-state index contributed by atoms with van der Waals surface area (Å²) < 4.78 is 11.5. The first-order valence-corrected chi connectivity index (χ1v) is 8.91. The second-order valence-corrected chi connectivity index (χ2v) is 6.77. The number of thioether (sulfide) groups is 1. The van der Waals surface area contributed by atoms with E-state index in [4.69, 9.17) is 9.47 Å². The summed E-state index contributed by atoms with van der Waals surface area (Å²) in [7, 11) is 0. The molecule has 6 nitrogen and oxygen atoms in total. The van der Waals surface area contributed by atoms with Crippen molar-refractivity contribution in [1.82, 2.24) is 5.32 Å². The maximum Gasteiger partial charge on any atom is 0.251 e. The van der Waals surface area contributed by atoms with Crippen LogP contribution in [0.3, 0.4) is 0 Å². The highest BCUT2D eigenvalue weighted by atomic mass is 32.2. The molecule has 7 heteroatoms. The van der Waals surface area contributed by atoms with Crippen molar-refractivity contribution in [2.75, 3.05) is 24.2 Å². The van der Waals surface area contributed by atoms with Crippen LogP contribution in [0.1, 0.15) is 10.4 Å². The third kappa shape index (κ3) is 3.41. The fourth-order valence-electron chi connectivity index (χ4n) is 2.70. The summed E-state index contributed by atoms with van der Waals surface area (Å²) in [5.41, 5.74) is 1.18. The third-order valence-electron chi connectivity index (χ3n) is 3.93. The molecule has 0 saturated heterocycles. The van der Waals surface area contributed by atoms with E-state index in [1.165, 1.54) is 11.8 Å². The zero-order chi connectivity index (χ0) is 17.2. The summed E-state index contributed by atoms with van der Waals surface area (Å²) in [6.07, 6.45) is -0.244. The predicted molar refractivity (Wildman–Crippen MR) is 94.5 cm³/mol. The Morgan fingerprint density at radius 3 is 2.96 bits per heavy atom.